The standard InChI is InChI=1S/C17H33N2.C6H15O4P/c1-3-5-6-7-8-9-10-11-12-13-14-19-16-15-18(4-2)17-19;1-3-5-9-11(7,8)10-6-4-2/h15-17H,3-14H2,1-2H3;3-6H2,1-2H3,(H,7,8)/q+1;/p-1. The first kappa shape index (κ1) is 29.3. The molecule has 0 aliphatic rings. The molecule has 0 bridgehead atoms. The molecule has 0 aliphatic carbocycles. The van der Waals surface area contributed by atoms with E-state index in [9.17, 15) is 9.46 Å². The highest BCUT2D eigenvalue weighted by Gasteiger charge is 2.06. The minimum absolute atomic E-state index is 0.199. The smallest absolute Gasteiger partial charge is 0.267 e. The average Bonchev–Trinajstić information content (AvgIpc) is 3.21. The normalized spacial score (nSPS) is 11.4. The molecule has 1 heterocycles. The van der Waals surface area contributed by atoms with Gasteiger partial charge in [0.2, 0.25) is 6.33 Å². The van der Waals surface area contributed by atoms with E-state index in [-0.39, 0.29) is 13.2 Å². The van der Waals surface area contributed by atoms with Crippen LogP contribution < -0.4 is 9.46 Å². The fourth-order valence-electron chi connectivity index (χ4n) is 2.98. The van der Waals surface area contributed by atoms with Crippen LogP contribution >= 0.6 is 7.82 Å². The Morgan fingerprint density at radius 1 is 0.800 bits per heavy atom. The van der Waals surface area contributed by atoms with E-state index in [4.69, 9.17) is 0 Å². The van der Waals surface area contributed by atoms with E-state index >= 15 is 0 Å². The molecule has 7 heteroatoms. The van der Waals surface area contributed by atoms with Gasteiger partial charge in [-0.15, -0.1) is 0 Å². The van der Waals surface area contributed by atoms with Gasteiger partial charge in [-0.2, -0.15) is 0 Å². The minimum atomic E-state index is -3.98. The van der Waals surface area contributed by atoms with E-state index in [0.717, 1.165) is 6.54 Å². The van der Waals surface area contributed by atoms with Crippen LogP contribution in [0.25, 0.3) is 0 Å². The third kappa shape index (κ3) is 18.1. The van der Waals surface area contributed by atoms with Gasteiger partial charge < -0.3 is 13.9 Å². The van der Waals surface area contributed by atoms with Gasteiger partial charge >= 0.3 is 0 Å². The van der Waals surface area contributed by atoms with Crippen molar-refractivity contribution in [2.24, 2.45) is 0 Å². The second kappa shape index (κ2) is 20.2. The van der Waals surface area contributed by atoms with Crippen molar-refractivity contribution in [1.82, 2.24) is 4.57 Å². The fraction of sp³-hybridized carbons (Fsp3) is 0.870. The van der Waals surface area contributed by atoms with Crippen LogP contribution in [-0.4, -0.2) is 17.8 Å². The van der Waals surface area contributed by atoms with E-state index in [1.807, 2.05) is 13.8 Å². The van der Waals surface area contributed by atoms with E-state index < -0.39 is 7.82 Å². The maximum Gasteiger partial charge on any atom is 0.267 e. The second-order valence-corrected chi connectivity index (χ2v) is 9.19. The van der Waals surface area contributed by atoms with Gasteiger partial charge in [0.1, 0.15) is 12.4 Å². The van der Waals surface area contributed by atoms with Gasteiger partial charge in [0.25, 0.3) is 7.82 Å². The molecule has 0 aromatic carbocycles. The molecule has 0 amide bonds. The predicted molar refractivity (Wildman–Crippen MR) is 122 cm³/mol. The van der Waals surface area contributed by atoms with Gasteiger partial charge in [0.15, 0.2) is 0 Å². The second-order valence-electron chi connectivity index (χ2n) is 7.78. The van der Waals surface area contributed by atoms with Crippen LogP contribution in [-0.2, 0) is 26.7 Å². The molecular weight excluding hydrogens is 399 g/mol. The molecule has 0 fully saturated rings. The third-order valence-electron chi connectivity index (χ3n) is 4.79. The number of aromatic nitrogens is 2. The molecule has 0 radical (unpaired) electrons. The van der Waals surface area contributed by atoms with Gasteiger partial charge in [0, 0.05) is 0 Å². The largest absolute Gasteiger partial charge is 0.756 e. The zero-order valence-electron chi connectivity index (χ0n) is 20.0. The highest BCUT2D eigenvalue weighted by atomic mass is 31.2. The minimum Gasteiger partial charge on any atom is -0.756 e. The summed E-state index contributed by atoms with van der Waals surface area (Å²) in [5.74, 6) is 0. The number of unbranched alkanes of at least 4 members (excludes halogenated alkanes) is 9. The highest BCUT2D eigenvalue weighted by molar-refractivity contribution is 7.45. The zero-order chi connectivity index (χ0) is 22.5. The first-order chi connectivity index (χ1) is 14.5. The Balaban J connectivity index is 0.000000654. The van der Waals surface area contributed by atoms with Gasteiger partial charge in [-0.25, -0.2) is 9.13 Å². The lowest BCUT2D eigenvalue weighted by Gasteiger charge is -2.21. The summed E-state index contributed by atoms with van der Waals surface area (Å²) in [7, 11) is -3.98. The summed E-state index contributed by atoms with van der Waals surface area (Å²) in [5.41, 5.74) is 0. The third-order valence-corrected chi connectivity index (χ3v) is 5.79. The summed E-state index contributed by atoms with van der Waals surface area (Å²) < 4.78 is 24.2. The molecule has 0 aliphatic heterocycles. The van der Waals surface area contributed by atoms with E-state index in [0.29, 0.717) is 12.8 Å². The molecule has 6 nitrogen and oxygen atoms in total. The predicted octanol–water partition coefficient (Wildman–Crippen LogP) is 6.02. The summed E-state index contributed by atoms with van der Waals surface area (Å²) in [6.07, 6.45) is 22.1. The molecule has 1 rings (SSSR count). The summed E-state index contributed by atoms with van der Waals surface area (Å²) in [4.78, 5) is 10.7. The van der Waals surface area contributed by atoms with Crippen LogP contribution in [0.3, 0.4) is 0 Å². The Hall–Kier alpha value is -0.680. The molecular formula is C23H47N2O4P. The summed E-state index contributed by atoms with van der Waals surface area (Å²) in [6.45, 7) is 10.8. The van der Waals surface area contributed by atoms with Crippen molar-refractivity contribution in [2.75, 3.05) is 13.2 Å². The Morgan fingerprint density at radius 3 is 1.73 bits per heavy atom. The van der Waals surface area contributed by atoms with E-state index in [1.54, 1.807) is 0 Å². The van der Waals surface area contributed by atoms with Crippen LogP contribution in [0.4, 0.5) is 0 Å². The number of phosphoric acid groups is 1. The maximum absolute atomic E-state index is 10.7. The summed E-state index contributed by atoms with van der Waals surface area (Å²) in [5, 5.41) is 0. The number of hydrogen-bond donors (Lipinski definition) is 0. The van der Waals surface area contributed by atoms with E-state index in [1.165, 1.54) is 70.8 Å². The van der Waals surface area contributed by atoms with Crippen molar-refractivity contribution in [3.8, 4) is 0 Å². The van der Waals surface area contributed by atoms with Crippen LogP contribution in [0.1, 0.15) is 105 Å². The van der Waals surface area contributed by atoms with Crippen molar-refractivity contribution in [2.45, 2.75) is 118 Å². The first-order valence-electron chi connectivity index (χ1n) is 12.1. The van der Waals surface area contributed by atoms with Crippen LogP contribution in [0.5, 0.6) is 0 Å². The number of phosphoric ester groups is 1. The molecule has 1 aromatic heterocycles. The first-order valence-corrected chi connectivity index (χ1v) is 13.6. The molecule has 30 heavy (non-hydrogen) atoms. The molecule has 0 saturated carbocycles. The molecule has 1 aromatic rings. The number of hydrogen-bond acceptors (Lipinski definition) is 4. The molecule has 0 N–H and O–H groups in total. The van der Waals surface area contributed by atoms with Crippen molar-refractivity contribution >= 4 is 7.82 Å². The Bertz CT molecular complexity index is 525. The summed E-state index contributed by atoms with van der Waals surface area (Å²) in [6, 6.07) is 0. The van der Waals surface area contributed by atoms with Crippen molar-refractivity contribution in [3.63, 3.8) is 0 Å². The number of nitrogens with zero attached hydrogens (tertiary/aromatic N) is 2. The zero-order valence-corrected chi connectivity index (χ0v) is 20.9. The van der Waals surface area contributed by atoms with Crippen LogP contribution in [0, 0.1) is 0 Å². The lowest BCUT2D eigenvalue weighted by molar-refractivity contribution is -0.696. The maximum atomic E-state index is 10.7. The SMILES string of the molecule is CCCCCCCCCCCC[n+]1ccn(CC)c1.CCCOP(=O)([O-])OCCC. The van der Waals surface area contributed by atoms with Gasteiger partial charge in [-0.3, -0.25) is 4.57 Å². The molecule has 178 valence electrons. The molecule has 0 atom stereocenters. The lowest BCUT2D eigenvalue weighted by Crippen LogP contribution is -2.30. The number of aryl methyl sites for hydroxylation is 2. The Morgan fingerprint density at radius 2 is 1.30 bits per heavy atom. The summed E-state index contributed by atoms with van der Waals surface area (Å²) >= 11 is 0. The van der Waals surface area contributed by atoms with Gasteiger partial charge in [-0.1, -0.05) is 72.1 Å². The highest BCUT2D eigenvalue weighted by Crippen LogP contribution is 2.38. The average molecular weight is 447 g/mol. The number of imidazole rings is 1. The molecule has 0 unspecified atom stereocenters. The van der Waals surface area contributed by atoms with Crippen LogP contribution in [0.2, 0.25) is 0 Å². The Kier molecular flexibility index (Phi) is 19.8. The van der Waals surface area contributed by atoms with Gasteiger partial charge in [0.05, 0.1) is 26.3 Å². The monoisotopic (exact) mass is 446 g/mol. The van der Waals surface area contributed by atoms with Crippen molar-refractivity contribution in [1.29, 1.82) is 0 Å². The van der Waals surface area contributed by atoms with E-state index in [2.05, 4.69) is 50.8 Å². The number of rotatable bonds is 18. The quantitative estimate of drug-likeness (QED) is 0.157. The molecule has 0 spiro atoms. The lowest BCUT2D eigenvalue weighted by atomic mass is 10.1. The fourth-order valence-corrected chi connectivity index (χ4v) is 3.87. The van der Waals surface area contributed by atoms with Gasteiger partial charge in [-0.05, 0) is 32.6 Å². The van der Waals surface area contributed by atoms with Crippen molar-refractivity contribution in [3.05, 3.63) is 18.7 Å². The molecule has 0 saturated heterocycles. The topological polar surface area (TPSA) is 67.4 Å². The van der Waals surface area contributed by atoms with Crippen molar-refractivity contribution < 1.29 is 23.1 Å². The Labute approximate surface area is 185 Å². The van der Waals surface area contributed by atoms with Crippen LogP contribution in [0.15, 0.2) is 18.7 Å².